The number of rotatable bonds is 4. The summed E-state index contributed by atoms with van der Waals surface area (Å²) in [5, 5.41) is 1.75. The van der Waals surface area contributed by atoms with Crippen LogP contribution in [0.4, 0.5) is 0 Å². The van der Waals surface area contributed by atoms with Crippen molar-refractivity contribution in [2.24, 2.45) is 5.92 Å². The summed E-state index contributed by atoms with van der Waals surface area (Å²) >= 11 is 1.32. The van der Waals surface area contributed by atoms with Crippen molar-refractivity contribution in [2.75, 3.05) is 11.5 Å². The molecule has 0 spiro atoms. The second-order valence-corrected chi connectivity index (χ2v) is 8.38. The Morgan fingerprint density at radius 3 is 3.05 bits per heavy atom. The van der Waals surface area contributed by atoms with Gasteiger partial charge >= 0.3 is 5.97 Å². The highest BCUT2D eigenvalue weighted by molar-refractivity contribution is 7.91. The number of nitrogens with zero attached hydrogens (tertiary/aromatic N) is 2. The Kier molecular flexibility index (Phi) is 4.00. The van der Waals surface area contributed by atoms with Crippen molar-refractivity contribution in [3.63, 3.8) is 0 Å². The normalized spacial score (nSPS) is 20.3. The Balaban J connectivity index is 1.59. The van der Waals surface area contributed by atoms with E-state index in [2.05, 4.69) is 4.98 Å². The molecule has 0 bridgehead atoms. The number of hydrogen-bond donors (Lipinski definition) is 0. The molecule has 1 aliphatic rings. The Morgan fingerprint density at radius 2 is 2.32 bits per heavy atom. The lowest BCUT2D eigenvalue weighted by Gasteiger charge is -2.07. The predicted molar refractivity (Wildman–Crippen MR) is 80.5 cm³/mol. The number of aromatic nitrogens is 2. The molecule has 0 radical (unpaired) electrons. The summed E-state index contributed by atoms with van der Waals surface area (Å²) in [5.41, 5.74) is 0.166. The smallest absolute Gasteiger partial charge is 0.306 e. The molecule has 0 unspecified atom stereocenters. The molecule has 1 fully saturated rings. The number of fused-ring (bicyclic) bond motifs is 1. The molecule has 1 aliphatic heterocycles. The van der Waals surface area contributed by atoms with Gasteiger partial charge in [0.2, 0.25) is 0 Å². The van der Waals surface area contributed by atoms with Crippen molar-refractivity contribution in [1.29, 1.82) is 0 Å². The van der Waals surface area contributed by atoms with Crippen LogP contribution in [0.15, 0.2) is 22.4 Å². The lowest BCUT2D eigenvalue weighted by molar-refractivity contribution is -0.146. The molecule has 7 nitrogen and oxygen atoms in total. The first-order valence-corrected chi connectivity index (χ1v) is 9.45. The van der Waals surface area contributed by atoms with Crippen LogP contribution in [-0.4, -0.2) is 35.3 Å². The molecule has 3 rings (SSSR count). The van der Waals surface area contributed by atoms with Crippen LogP contribution in [0.2, 0.25) is 0 Å². The van der Waals surface area contributed by atoms with Gasteiger partial charge in [0.25, 0.3) is 5.56 Å². The Labute approximate surface area is 130 Å². The number of sulfone groups is 1. The number of thiazole rings is 1. The molecule has 0 aromatic carbocycles. The van der Waals surface area contributed by atoms with Crippen molar-refractivity contribution in [2.45, 2.75) is 19.4 Å². The minimum Gasteiger partial charge on any atom is -0.459 e. The molecule has 0 N–H and O–H groups in total. The maximum absolute atomic E-state index is 11.8. The molecule has 0 amide bonds. The summed E-state index contributed by atoms with van der Waals surface area (Å²) in [6, 6.07) is 1.33. The van der Waals surface area contributed by atoms with E-state index < -0.39 is 15.8 Å². The van der Waals surface area contributed by atoms with Crippen LogP contribution in [0.1, 0.15) is 18.5 Å². The van der Waals surface area contributed by atoms with Gasteiger partial charge in [-0.1, -0.05) is 0 Å². The van der Waals surface area contributed by atoms with Crippen molar-refractivity contribution < 1.29 is 17.9 Å². The molecular formula is C13H14N2O5S2. The van der Waals surface area contributed by atoms with E-state index in [4.69, 9.17) is 4.74 Å². The van der Waals surface area contributed by atoms with E-state index in [-0.39, 0.29) is 36.0 Å². The van der Waals surface area contributed by atoms with Crippen LogP contribution in [0.25, 0.3) is 4.96 Å². The quantitative estimate of drug-likeness (QED) is 0.756. The Morgan fingerprint density at radius 1 is 1.50 bits per heavy atom. The maximum Gasteiger partial charge on any atom is 0.306 e. The van der Waals surface area contributed by atoms with E-state index in [1.54, 1.807) is 11.6 Å². The van der Waals surface area contributed by atoms with E-state index in [0.717, 1.165) is 0 Å². The average molecular weight is 342 g/mol. The largest absolute Gasteiger partial charge is 0.459 e. The molecule has 3 heterocycles. The van der Waals surface area contributed by atoms with Gasteiger partial charge < -0.3 is 4.74 Å². The molecule has 1 atom stereocenters. The Hall–Kier alpha value is -1.74. The fraction of sp³-hybridized carbons (Fsp3) is 0.462. The molecule has 1 saturated heterocycles. The van der Waals surface area contributed by atoms with Crippen LogP contribution in [-0.2, 0) is 26.0 Å². The summed E-state index contributed by atoms with van der Waals surface area (Å²) in [5.74, 6) is -0.451. The second kappa shape index (κ2) is 5.81. The fourth-order valence-corrected chi connectivity index (χ4v) is 5.04. The SMILES string of the molecule is O=C(C[C@@H]1CCS(=O)(=O)C1)OCc1cc(=O)n2ccsc2n1. The van der Waals surface area contributed by atoms with Crippen LogP contribution in [0, 0.1) is 5.92 Å². The number of carbonyl (C=O) groups is 1. The molecule has 118 valence electrons. The van der Waals surface area contributed by atoms with Gasteiger partial charge in [0.05, 0.1) is 17.2 Å². The highest BCUT2D eigenvalue weighted by atomic mass is 32.2. The van der Waals surface area contributed by atoms with E-state index in [0.29, 0.717) is 17.1 Å². The second-order valence-electron chi connectivity index (χ2n) is 5.28. The zero-order valence-electron chi connectivity index (χ0n) is 11.6. The molecule has 2 aromatic heterocycles. The third kappa shape index (κ3) is 3.36. The van der Waals surface area contributed by atoms with Crippen LogP contribution >= 0.6 is 11.3 Å². The summed E-state index contributed by atoms with van der Waals surface area (Å²) in [4.78, 5) is 28.3. The van der Waals surface area contributed by atoms with Crippen molar-refractivity contribution >= 4 is 32.1 Å². The van der Waals surface area contributed by atoms with Crippen molar-refractivity contribution in [3.05, 3.63) is 33.7 Å². The lowest BCUT2D eigenvalue weighted by Crippen LogP contribution is -2.16. The number of carbonyl (C=O) groups excluding carboxylic acids is 1. The molecule has 22 heavy (non-hydrogen) atoms. The highest BCUT2D eigenvalue weighted by Crippen LogP contribution is 2.22. The lowest BCUT2D eigenvalue weighted by atomic mass is 10.1. The number of esters is 1. The van der Waals surface area contributed by atoms with Gasteiger partial charge in [-0.15, -0.1) is 11.3 Å². The Bertz CT molecular complexity index is 868. The van der Waals surface area contributed by atoms with Crippen molar-refractivity contribution in [3.8, 4) is 0 Å². The van der Waals surface area contributed by atoms with Gasteiger partial charge in [-0.25, -0.2) is 13.4 Å². The summed E-state index contributed by atoms with van der Waals surface area (Å²) in [6.07, 6.45) is 2.21. The minimum atomic E-state index is -2.99. The first-order chi connectivity index (χ1) is 10.4. The molecule has 0 saturated carbocycles. The van der Waals surface area contributed by atoms with E-state index >= 15 is 0 Å². The van der Waals surface area contributed by atoms with Gasteiger partial charge in [0.15, 0.2) is 14.8 Å². The molecule has 0 aliphatic carbocycles. The van der Waals surface area contributed by atoms with E-state index in [1.807, 2.05) is 0 Å². The molecule has 9 heteroatoms. The summed E-state index contributed by atoms with van der Waals surface area (Å²) in [6.45, 7) is -0.0814. The number of hydrogen-bond acceptors (Lipinski definition) is 7. The molecular weight excluding hydrogens is 328 g/mol. The van der Waals surface area contributed by atoms with Crippen LogP contribution in [0.5, 0.6) is 0 Å². The zero-order valence-corrected chi connectivity index (χ0v) is 13.2. The number of ether oxygens (including phenoxy) is 1. The monoisotopic (exact) mass is 342 g/mol. The van der Waals surface area contributed by atoms with E-state index in [9.17, 15) is 18.0 Å². The summed E-state index contributed by atoms with van der Waals surface area (Å²) in [7, 11) is -2.99. The first-order valence-electron chi connectivity index (χ1n) is 6.75. The van der Waals surface area contributed by atoms with Crippen LogP contribution in [0.3, 0.4) is 0 Å². The first kappa shape index (κ1) is 15.2. The summed E-state index contributed by atoms with van der Waals surface area (Å²) < 4.78 is 29.2. The zero-order chi connectivity index (χ0) is 15.7. The maximum atomic E-state index is 11.8. The van der Waals surface area contributed by atoms with Gasteiger partial charge in [-0.05, 0) is 12.3 Å². The van der Waals surface area contributed by atoms with Gasteiger partial charge in [-0.3, -0.25) is 14.0 Å². The minimum absolute atomic E-state index is 0.0445. The third-order valence-electron chi connectivity index (χ3n) is 3.52. The fourth-order valence-electron chi connectivity index (χ4n) is 2.44. The van der Waals surface area contributed by atoms with Crippen LogP contribution < -0.4 is 5.56 Å². The van der Waals surface area contributed by atoms with Gasteiger partial charge in [-0.2, -0.15) is 0 Å². The topological polar surface area (TPSA) is 94.8 Å². The average Bonchev–Trinajstić information content (AvgIpc) is 3.03. The van der Waals surface area contributed by atoms with Gasteiger partial charge in [0.1, 0.15) is 6.61 Å². The van der Waals surface area contributed by atoms with E-state index in [1.165, 1.54) is 21.8 Å². The third-order valence-corrected chi connectivity index (χ3v) is 6.11. The predicted octanol–water partition coefficient (Wildman–Crippen LogP) is 0.624. The highest BCUT2D eigenvalue weighted by Gasteiger charge is 2.29. The molecule has 2 aromatic rings. The standard InChI is InChI=1S/C13H14N2O5S2/c16-11-6-10(14-13-15(11)2-3-21-13)7-20-12(17)5-9-1-4-22(18,19)8-9/h2-3,6,9H,1,4-5,7-8H2/t9-/m0/s1. The van der Waals surface area contributed by atoms with Crippen molar-refractivity contribution in [1.82, 2.24) is 9.38 Å². The van der Waals surface area contributed by atoms with Gasteiger partial charge in [0, 0.05) is 24.1 Å².